The third-order valence-corrected chi connectivity index (χ3v) is 3.77. The Bertz CT molecular complexity index is 423. The summed E-state index contributed by atoms with van der Waals surface area (Å²) < 4.78 is 0. The van der Waals surface area contributed by atoms with Crippen LogP contribution in [0.1, 0.15) is 25.8 Å². The molecule has 2 rings (SSSR count). The van der Waals surface area contributed by atoms with Crippen LogP contribution in [0.2, 0.25) is 0 Å². The first kappa shape index (κ1) is 12.3. The number of likely N-dealkylation sites (tertiary alicyclic amines) is 1. The summed E-state index contributed by atoms with van der Waals surface area (Å²) in [5.41, 5.74) is 3.75. The normalized spacial score (nSPS) is 28.6. The zero-order chi connectivity index (χ0) is 12.4. The van der Waals surface area contributed by atoms with Crippen LogP contribution in [0.3, 0.4) is 0 Å². The van der Waals surface area contributed by atoms with Crippen LogP contribution in [0.5, 0.6) is 0 Å². The van der Waals surface area contributed by atoms with Gasteiger partial charge in [0.05, 0.1) is 5.69 Å². The van der Waals surface area contributed by atoms with Gasteiger partial charge < -0.3 is 4.90 Å². The number of nitrogens with zero attached hydrogens (tertiary/aromatic N) is 2. The highest BCUT2D eigenvalue weighted by molar-refractivity contribution is 5.90. The van der Waals surface area contributed by atoms with Crippen LogP contribution in [-0.4, -0.2) is 30.2 Å². The topological polar surface area (TPSA) is 15.6 Å². The minimum atomic E-state index is 0.566. The highest BCUT2D eigenvalue weighted by Crippen LogP contribution is 2.24. The van der Waals surface area contributed by atoms with Gasteiger partial charge in [0.1, 0.15) is 0 Å². The van der Waals surface area contributed by atoms with Gasteiger partial charge in [-0.3, -0.25) is 4.99 Å². The van der Waals surface area contributed by atoms with E-state index in [2.05, 4.69) is 57.0 Å². The zero-order valence-corrected chi connectivity index (χ0v) is 11.3. The molecule has 2 nitrogen and oxygen atoms in total. The van der Waals surface area contributed by atoms with Crippen LogP contribution in [-0.2, 0) is 0 Å². The van der Waals surface area contributed by atoms with Crippen molar-refractivity contribution < 1.29 is 0 Å². The molecule has 0 amide bonds. The number of hydrogen-bond donors (Lipinski definition) is 0. The van der Waals surface area contributed by atoms with E-state index in [0.29, 0.717) is 12.0 Å². The number of rotatable bonds is 1. The van der Waals surface area contributed by atoms with Crippen molar-refractivity contribution >= 4 is 11.4 Å². The number of piperidine rings is 1. The molecule has 92 valence electrons. The van der Waals surface area contributed by atoms with E-state index >= 15 is 0 Å². The summed E-state index contributed by atoms with van der Waals surface area (Å²) in [4.78, 5) is 7.29. The van der Waals surface area contributed by atoms with Crippen molar-refractivity contribution in [3.63, 3.8) is 0 Å². The molecule has 1 saturated heterocycles. The Labute approximate surface area is 104 Å². The summed E-state index contributed by atoms with van der Waals surface area (Å²) in [7, 11) is 2.20. The second-order valence-corrected chi connectivity index (χ2v) is 5.28. The fourth-order valence-electron chi connectivity index (χ4n) is 2.38. The fraction of sp³-hybridized carbons (Fsp3) is 0.533. The molecule has 0 bridgehead atoms. The van der Waals surface area contributed by atoms with Gasteiger partial charge in [-0.2, -0.15) is 0 Å². The van der Waals surface area contributed by atoms with Crippen LogP contribution >= 0.6 is 0 Å². The third kappa shape index (κ3) is 2.75. The minimum absolute atomic E-state index is 0.566. The summed E-state index contributed by atoms with van der Waals surface area (Å²) in [6.45, 7) is 7.80. The predicted molar refractivity (Wildman–Crippen MR) is 74.1 cm³/mol. The maximum Gasteiger partial charge on any atom is 0.0658 e. The van der Waals surface area contributed by atoms with Gasteiger partial charge in [0.2, 0.25) is 0 Å². The first-order chi connectivity index (χ1) is 8.08. The van der Waals surface area contributed by atoms with E-state index in [4.69, 9.17) is 4.99 Å². The Balaban J connectivity index is 2.25. The number of hydrogen-bond acceptors (Lipinski definition) is 2. The lowest BCUT2D eigenvalue weighted by Crippen LogP contribution is -2.42. The van der Waals surface area contributed by atoms with Gasteiger partial charge in [-0.15, -0.1) is 0 Å². The molecule has 0 saturated carbocycles. The minimum Gasteiger partial charge on any atom is -0.303 e. The maximum absolute atomic E-state index is 4.87. The van der Waals surface area contributed by atoms with Crippen LogP contribution in [0.15, 0.2) is 29.3 Å². The summed E-state index contributed by atoms with van der Waals surface area (Å²) in [6, 6.07) is 8.98. The van der Waals surface area contributed by atoms with Gasteiger partial charge >= 0.3 is 0 Å². The van der Waals surface area contributed by atoms with Gasteiger partial charge in [0.15, 0.2) is 0 Å². The van der Waals surface area contributed by atoms with E-state index in [-0.39, 0.29) is 0 Å². The average Bonchev–Trinajstić information content (AvgIpc) is 2.29. The van der Waals surface area contributed by atoms with Crippen molar-refractivity contribution in [1.29, 1.82) is 0 Å². The molecule has 0 aliphatic carbocycles. The fourth-order valence-corrected chi connectivity index (χ4v) is 2.38. The van der Waals surface area contributed by atoms with Gasteiger partial charge in [-0.05, 0) is 32.5 Å². The lowest BCUT2D eigenvalue weighted by Gasteiger charge is -2.34. The van der Waals surface area contributed by atoms with E-state index in [1.807, 2.05) is 0 Å². The van der Waals surface area contributed by atoms with Crippen LogP contribution < -0.4 is 0 Å². The predicted octanol–water partition coefficient (Wildman–Crippen LogP) is 3.43. The number of benzene rings is 1. The molecule has 1 fully saturated rings. The van der Waals surface area contributed by atoms with Crippen molar-refractivity contribution in [3.05, 3.63) is 29.8 Å². The molecular formula is C15H22N2. The molecule has 0 spiro atoms. The molecule has 1 heterocycles. The molecule has 1 aromatic rings. The third-order valence-electron chi connectivity index (χ3n) is 3.77. The molecule has 2 unspecified atom stereocenters. The van der Waals surface area contributed by atoms with Crippen LogP contribution in [0.4, 0.5) is 5.69 Å². The summed E-state index contributed by atoms with van der Waals surface area (Å²) >= 11 is 0. The Hall–Kier alpha value is -1.15. The van der Waals surface area contributed by atoms with Crippen molar-refractivity contribution in [3.8, 4) is 0 Å². The van der Waals surface area contributed by atoms with Gasteiger partial charge in [0, 0.05) is 30.6 Å². The quantitative estimate of drug-likeness (QED) is 0.721. The van der Waals surface area contributed by atoms with Crippen LogP contribution in [0.25, 0.3) is 0 Å². The van der Waals surface area contributed by atoms with E-state index < -0.39 is 0 Å². The first-order valence-electron chi connectivity index (χ1n) is 6.41. The molecule has 0 aromatic heterocycles. The van der Waals surface area contributed by atoms with E-state index in [1.54, 1.807) is 0 Å². The lowest BCUT2D eigenvalue weighted by atomic mass is 9.93. The van der Waals surface area contributed by atoms with Gasteiger partial charge in [-0.1, -0.05) is 25.1 Å². The Kier molecular flexibility index (Phi) is 3.63. The number of aliphatic imine (C=N–C) groups is 1. The van der Waals surface area contributed by atoms with Crippen molar-refractivity contribution in [2.24, 2.45) is 10.9 Å². The Morgan fingerprint density at radius 2 is 1.94 bits per heavy atom. The van der Waals surface area contributed by atoms with Gasteiger partial charge in [0.25, 0.3) is 0 Å². The van der Waals surface area contributed by atoms with Crippen LogP contribution in [0, 0.1) is 12.8 Å². The molecule has 2 heteroatoms. The van der Waals surface area contributed by atoms with Crippen molar-refractivity contribution in [2.45, 2.75) is 33.2 Å². The largest absolute Gasteiger partial charge is 0.303 e. The smallest absolute Gasteiger partial charge is 0.0658 e. The number of para-hydroxylation sites is 1. The molecule has 1 aromatic carbocycles. The molecule has 1 aliphatic rings. The molecule has 1 aliphatic heterocycles. The molecule has 0 radical (unpaired) electrons. The van der Waals surface area contributed by atoms with Gasteiger partial charge in [-0.25, -0.2) is 0 Å². The lowest BCUT2D eigenvalue weighted by molar-refractivity contribution is 0.226. The summed E-state index contributed by atoms with van der Waals surface area (Å²) in [6.07, 6.45) is 1.09. The molecular weight excluding hydrogens is 208 g/mol. The van der Waals surface area contributed by atoms with E-state index in [0.717, 1.165) is 18.7 Å². The SMILES string of the molecule is Cc1ccccc1N=C1CC(C)N(C)CC1C. The average molecular weight is 230 g/mol. The number of aryl methyl sites for hydroxylation is 1. The second-order valence-electron chi connectivity index (χ2n) is 5.28. The zero-order valence-electron chi connectivity index (χ0n) is 11.3. The standard InChI is InChI=1S/C15H22N2/c1-11-7-5-6-8-14(11)16-15-9-13(3)17(4)10-12(15)2/h5-8,12-13H,9-10H2,1-4H3. The second kappa shape index (κ2) is 5.01. The monoisotopic (exact) mass is 230 g/mol. The van der Waals surface area contributed by atoms with E-state index in [9.17, 15) is 0 Å². The maximum atomic E-state index is 4.87. The highest BCUT2D eigenvalue weighted by atomic mass is 15.1. The highest BCUT2D eigenvalue weighted by Gasteiger charge is 2.25. The molecule has 0 N–H and O–H groups in total. The first-order valence-corrected chi connectivity index (χ1v) is 6.41. The summed E-state index contributed by atoms with van der Waals surface area (Å²) in [5, 5.41) is 0. The molecule has 2 atom stereocenters. The Morgan fingerprint density at radius 3 is 2.65 bits per heavy atom. The van der Waals surface area contributed by atoms with E-state index in [1.165, 1.54) is 11.3 Å². The molecule has 17 heavy (non-hydrogen) atoms. The van der Waals surface area contributed by atoms with Crippen molar-refractivity contribution in [1.82, 2.24) is 4.90 Å². The summed E-state index contributed by atoms with van der Waals surface area (Å²) in [5.74, 6) is 0.566. The Morgan fingerprint density at radius 1 is 1.24 bits per heavy atom. The van der Waals surface area contributed by atoms with Crippen molar-refractivity contribution in [2.75, 3.05) is 13.6 Å².